The fourth-order valence-electron chi connectivity index (χ4n) is 2.63. The number of benzene rings is 1. The highest BCUT2D eigenvalue weighted by Gasteiger charge is 2.06. The fraction of sp³-hybridized carbons (Fsp3) is 0.500. The van der Waals surface area contributed by atoms with Crippen molar-refractivity contribution >= 4 is 23.2 Å². The summed E-state index contributed by atoms with van der Waals surface area (Å²) >= 11 is 0. The summed E-state index contributed by atoms with van der Waals surface area (Å²) in [5.41, 5.74) is 4.62. The van der Waals surface area contributed by atoms with Crippen molar-refractivity contribution in [2.24, 2.45) is 5.10 Å². The van der Waals surface area contributed by atoms with Gasteiger partial charge in [-0.2, -0.15) is 5.10 Å². The lowest BCUT2D eigenvalue weighted by molar-refractivity contribution is -0.121. The summed E-state index contributed by atoms with van der Waals surface area (Å²) in [7, 11) is 0. The zero-order valence-electron chi connectivity index (χ0n) is 14.1. The van der Waals surface area contributed by atoms with E-state index in [4.69, 9.17) is 0 Å². The Kier molecular flexibility index (Phi) is 6.78. The van der Waals surface area contributed by atoms with Gasteiger partial charge in [-0.3, -0.25) is 4.79 Å². The Balaban J connectivity index is 1.87. The minimum atomic E-state index is -0.0306. The smallest absolute Gasteiger partial charge is 0.240 e. The van der Waals surface area contributed by atoms with Crippen LogP contribution in [0.4, 0.5) is 0 Å². The summed E-state index contributed by atoms with van der Waals surface area (Å²) in [6.45, 7) is 5.07. The minimum Gasteiger partial charge on any atom is -0.323 e. The molecule has 0 saturated heterocycles. The highest BCUT2D eigenvalue weighted by molar-refractivity contribution is 5.86. The van der Waals surface area contributed by atoms with Crippen LogP contribution in [0.15, 0.2) is 29.4 Å². The standard InChI is InChI=1S/C18H26N4O/c1-3-5-6-7-8-13-18(23)21-19-14-17-20-15-11-9-10-12-16(15)22(17)4-2/h9-12,14H,3-8,13H2,1-2H3,(H,21,23). The maximum atomic E-state index is 11.7. The van der Waals surface area contributed by atoms with Crippen molar-refractivity contribution in [3.05, 3.63) is 30.1 Å². The molecule has 0 aliphatic carbocycles. The molecule has 0 spiro atoms. The van der Waals surface area contributed by atoms with Gasteiger partial charge in [0.1, 0.15) is 0 Å². The van der Waals surface area contributed by atoms with E-state index >= 15 is 0 Å². The Hall–Kier alpha value is -2.17. The quantitative estimate of drug-likeness (QED) is 0.434. The van der Waals surface area contributed by atoms with Gasteiger partial charge in [-0.15, -0.1) is 0 Å². The summed E-state index contributed by atoms with van der Waals surface area (Å²) < 4.78 is 2.08. The number of fused-ring (bicyclic) bond motifs is 1. The van der Waals surface area contributed by atoms with Crippen molar-refractivity contribution < 1.29 is 4.79 Å². The second-order valence-electron chi connectivity index (χ2n) is 5.66. The third kappa shape index (κ3) is 4.91. The number of para-hydroxylation sites is 2. The molecule has 2 aromatic rings. The number of hydrogen-bond donors (Lipinski definition) is 1. The fourth-order valence-corrected chi connectivity index (χ4v) is 2.63. The van der Waals surface area contributed by atoms with Gasteiger partial charge >= 0.3 is 0 Å². The first-order valence-electron chi connectivity index (χ1n) is 8.53. The Morgan fingerprint density at radius 2 is 2.00 bits per heavy atom. The van der Waals surface area contributed by atoms with Gasteiger partial charge in [0.25, 0.3) is 0 Å². The van der Waals surface area contributed by atoms with Gasteiger partial charge in [0, 0.05) is 13.0 Å². The molecule has 124 valence electrons. The second kappa shape index (κ2) is 9.08. The van der Waals surface area contributed by atoms with Crippen molar-refractivity contribution in [1.82, 2.24) is 15.0 Å². The van der Waals surface area contributed by atoms with E-state index in [2.05, 4.69) is 33.9 Å². The van der Waals surface area contributed by atoms with Gasteiger partial charge in [0.05, 0.1) is 17.2 Å². The molecule has 0 fully saturated rings. The third-order valence-electron chi connectivity index (χ3n) is 3.88. The number of hydrogen-bond acceptors (Lipinski definition) is 3. The zero-order chi connectivity index (χ0) is 16.5. The number of amides is 1. The van der Waals surface area contributed by atoms with E-state index in [1.165, 1.54) is 19.3 Å². The number of imidazole rings is 1. The van der Waals surface area contributed by atoms with Crippen molar-refractivity contribution in [2.45, 2.75) is 58.9 Å². The number of rotatable bonds is 9. The highest BCUT2D eigenvalue weighted by Crippen LogP contribution is 2.14. The molecule has 1 heterocycles. The zero-order valence-corrected chi connectivity index (χ0v) is 14.1. The molecule has 0 radical (unpaired) electrons. The number of nitrogens with one attached hydrogen (secondary N) is 1. The molecule has 1 aromatic carbocycles. The second-order valence-corrected chi connectivity index (χ2v) is 5.66. The van der Waals surface area contributed by atoms with E-state index in [-0.39, 0.29) is 5.91 Å². The van der Waals surface area contributed by atoms with Crippen LogP contribution in [0.5, 0.6) is 0 Å². The first kappa shape index (κ1) is 17.2. The van der Waals surface area contributed by atoms with Crippen LogP contribution in [0.25, 0.3) is 11.0 Å². The first-order valence-corrected chi connectivity index (χ1v) is 8.53. The van der Waals surface area contributed by atoms with Crippen LogP contribution in [0.1, 0.15) is 58.2 Å². The van der Waals surface area contributed by atoms with Crippen molar-refractivity contribution in [3.63, 3.8) is 0 Å². The first-order chi connectivity index (χ1) is 11.3. The SMILES string of the molecule is CCCCCCCC(=O)NN=Cc1nc2ccccc2n1CC. The van der Waals surface area contributed by atoms with Crippen molar-refractivity contribution in [2.75, 3.05) is 0 Å². The van der Waals surface area contributed by atoms with Crippen LogP contribution < -0.4 is 5.43 Å². The average molecular weight is 314 g/mol. The van der Waals surface area contributed by atoms with E-state index in [1.54, 1.807) is 6.21 Å². The molecular weight excluding hydrogens is 288 g/mol. The number of carbonyl (C=O) groups is 1. The molecule has 23 heavy (non-hydrogen) atoms. The predicted octanol–water partition coefficient (Wildman–Crippen LogP) is 3.87. The minimum absolute atomic E-state index is 0.0306. The molecule has 5 heteroatoms. The molecule has 1 aromatic heterocycles. The van der Waals surface area contributed by atoms with E-state index in [1.807, 2.05) is 24.3 Å². The normalized spacial score (nSPS) is 11.4. The topological polar surface area (TPSA) is 59.3 Å². The van der Waals surface area contributed by atoms with Crippen LogP contribution in [0.3, 0.4) is 0 Å². The van der Waals surface area contributed by atoms with Crippen molar-refractivity contribution in [1.29, 1.82) is 0 Å². The molecule has 2 rings (SSSR count). The van der Waals surface area contributed by atoms with E-state index in [0.717, 1.165) is 36.2 Å². The van der Waals surface area contributed by atoms with E-state index in [9.17, 15) is 4.79 Å². The predicted molar refractivity (Wildman–Crippen MR) is 94.5 cm³/mol. The van der Waals surface area contributed by atoms with E-state index < -0.39 is 0 Å². The van der Waals surface area contributed by atoms with Crippen LogP contribution in [0, 0.1) is 0 Å². The van der Waals surface area contributed by atoms with Crippen LogP contribution in [-0.2, 0) is 11.3 Å². The Bertz CT molecular complexity index is 660. The van der Waals surface area contributed by atoms with Gasteiger partial charge < -0.3 is 4.57 Å². The number of aromatic nitrogens is 2. The molecule has 0 bridgehead atoms. The maximum Gasteiger partial charge on any atom is 0.240 e. The molecule has 5 nitrogen and oxygen atoms in total. The molecular formula is C18H26N4O. The summed E-state index contributed by atoms with van der Waals surface area (Å²) in [4.78, 5) is 16.3. The van der Waals surface area contributed by atoms with Crippen LogP contribution in [0.2, 0.25) is 0 Å². The van der Waals surface area contributed by atoms with E-state index in [0.29, 0.717) is 6.42 Å². The number of nitrogens with zero attached hydrogens (tertiary/aromatic N) is 3. The highest BCUT2D eigenvalue weighted by atomic mass is 16.2. The molecule has 0 aliphatic rings. The monoisotopic (exact) mass is 314 g/mol. The number of unbranched alkanes of at least 4 members (excludes halogenated alkanes) is 4. The average Bonchev–Trinajstić information content (AvgIpc) is 2.92. The summed E-state index contributed by atoms with van der Waals surface area (Å²) in [5.74, 6) is 0.730. The Morgan fingerprint density at radius 1 is 1.22 bits per heavy atom. The van der Waals surface area contributed by atoms with Crippen LogP contribution in [-0.4, -0.2) is 21.7 Å². The number of hydrazone groups is 1. The van der Waals surface area contributed by atoms with Crippen molar-refractivity contribution in [3.8, 4) is 0 Å². The largest absolute Gasteiger partial charge is 0.323 e. The number of aryl methyl sites for hydroxylation is 1. The molecule has 1 N–H and O–H groups in total. The maximum absolute atomic E-state index is 11.7. The molecule has 0 saturated carbocycles. The van der Waals surface area contributed by atoms with Gasteiger partial charge in [0.2, 0.25) is 5.91 Å². The summed E-state index contributed by atoms with van der Waals surface area (Å²) in [5, 5.41) is 4.05. The number of carbonyl (C=O) groups excluding carboxylic acids is 1. The van der Waals surface area contributed by atoms with Crippen LogP contribution >= 0.6 is 0 Å². The van der Waals surface area contributed by atoms with Gasteiger partial charge in [-0.05, 0) is 25.5 Å². The summed E-state index contributed by atoms with van der Waals surface area (Å²) in [6, 6.07) is 7.99. The summed E-state index contributed by atoms with van der Waals surface area (Å²) in [6.07, 6.45) is 7.85. The molecule has 0 unspecified atom stereocenters. The van der Waals surface area contributed by atoms with Gasteiger partial charge in [-0.1, -0.05) is 44.7 Å². The lowest BCUT2D eigenvalue weighted by Gasteiger charge is -2.02. The Labute approximate surface area is 137 Å². The third-order valence-corrected chi connectivity index (χ3v) is 3.88. The Morgan fingerprint density at radius 3 is 2.78 bits per heavy atom. The van der Waals surface area contributed by atoms with Gasteiger partial charge in [0.15, 0.2) is 5.82 Å². The molecule has 0 aliphatic heterocycles. The van der Waals surface area contributed by atoms with Gasteiger partial charge in [-0.25, -0.2) is 10.4 Å². The lowest BCUT2D eigenvalue weighted by atomic mass is 10.1. The molecule has 0 atom stereocenters. The lowest BCUT2D eigenvalue weighted by Crippen LogP contribution is -2.17. The molecule has 1 amide bonds.